The maximum absolute atomic E-state index is 2.73. The van der Waals surface area contributed by atoms with Crippen LogP contribution in [0.15, 0.2) is 72.8 Å². The van der Waals surface area contributed by atoms with Crippen molar-refractivity contribution >= 4 is 12.2 Å². The predicted molar refractivity (Wildman–Crippen MR) is 150 cm³/mol. The molecule has 0 nitrogen and oxygen atoms in total. The van der Waals surface area contributed by atoms with Gasteiger partial charge < -0.3 is 0 Å². The number of hydrogen-bond donors (Lipinski definition) is 0. The van der Waals surface area contributed by atoms with Crippen LogP contribution >= 0.6 is 0 Å². The zero-order valence-corrected chi connectivity index (χ0v) is 21.9. The zero-order chi connectivity index (χ0) is 23.8. The van der Waals surface area contributed by atoms with Crippen molar-refractivity contribution in [3.05, 3.63) is 83.9 Å². The van der Waals surface area contributed by atoms with E-state index in [4.69, 9.17) is 0 Å². The smallest absolute Gasteiger partial charge is 0.00985 e. The fourth-order valence-corrected chi connectivity index (χ4v) is 12.0. The lowest BCUT2D eigenvalue weighted by molar-refractivity contribution is -0.226. The highest BCUT2D eigenvalue weighted by molar-refractivity contribution is 5.52. The summed E-state index contributed by atoms with van der Waals surface area (Å²) < 4.78 is 0. The van der Waals surface area contributed by atoms with E-state index in [0.29, 0.717) is 21.7 Å². The summed E-state index contributed by atoms with van der Waals surface area (Å²) in [7, 11) is 0. The Balaban J connectivity index is 1.22. The minimum atomic E-state index is 0.389. The molecule has 0 heterocycles. The van der Waals surface area contributed by atoms with Crippen molar-refractivity contribution < 1.29 is 0 Å². The van der Waals surface area contributed by atoms with Crippen molar-refractivity contribution in [1.82, 2.24) is 0 Å². The summed E-state index contributed by atoms with van der Waals surface area (Å²) in [6.45, 7) is 0. The minimum Gasteiger partial charge on any atom is -0.0776 e. The monoisotopic (exact) mass is 474 g/mol. The summed E-state index contributed by atoms with van der Waals surface area (Å²) in [6, 6.07) is 22.2. The van der Waals surface area contributed by atoms with E-state index >= 15 is 0 Å². The molecule has 0 spiro atoms. The molecule has 10 rings (SSSR count). The first-order chi connectivity index (χ1) is 17.5. The molecule has 8 aliphatic rings. The Morgan fingerprint density at radius 2 is 0.917 bits per heavy atom. The summed E-state index contributed by atoms with van der Waals surface area (Å²) in [6.07, 6.45) is 28.6. The number of benzene rings is 2. The molecule has 2 unspecified atom stereocenters. The minimum absolute atomic E-state index is 0.389. The molecule has 0 radical (unpaired) electrons. The van der Waals surface area contributed by atoms with Gasteiger partial charge in [0.05, 0.1) is 0 Å². The summed E-state index contributed by atoms with van der Waals surface area (Å²) in [4.78, 5) is 0. The summed E-state index contributed by atoms with van der Waals surface area (Å²) in [5.41, 5.74) is 4.76. The highest BCUT2D eigenvalue weighted by atomic mass is 14.7. The quantitative estimate of drug-likeness (QED) is 0.404. The second-order valence-electron chi connectivity index (χ2n) is 14.7. The van der Waals surface area contributed by atoms with Crippen molar-refractivity contribution in [3.63, 3.8) is 0 Å². The Labute approximate surface area is 218 Å². The van der Waals surface area contributed by atoms with E-state index in [2.05, 4.69) is 85.0 Å². The van der Waals surface area contributed by atoms with Gasteiger partial charge in [0, 0.05) is 0 Å². The van der Waals surface area contributed by atoms with Crippen molar-refractivity contribution in [1.29, 1.82) is 0 Å². The molecule has 0 aliphatic heterocycles. The zero-order valence-electron chi connectivity index (χ0n) is 21.9. The van der Waals surface area contributed by atoms with Crippen LogP contribution in [-0.2, 0) is 0 Å². The van der Waals surface area contributed by atoms with Crippen LogP contribution < -0.4 is 0 Å². The fourth-order valence-electron chi connectivity index (χ4n) is 12.0. The van der Waals surface area contributed by atoms with Crippen LogP contribution in [0.1, 0.15) is 88.2 Å². The fraction of sp³-hybridized carbons (Fsp3) is 0.556. The van der Waals surface area contributed by atoms with Crippen LogP contribution in [0.4, 0.5) is 0 Å². The molecule has 0 amide bonds. The molecule has 0 heteroatoms. The van der Waals surface area contributed by atoms with E-state index in [1.54, 1.807) is 44.9 Å². The van der Waals surface area contributed by atoms with Gasteiger partial charge in [0.2, 0.25) is 0 Å². The topological polar surface area (TPSA) is 0 Å². The van der Waals surface area contributed by atoms with Crippen molar-refractivity contribution in [2.75, 3.05) is 0 Å². The van der Waals surface area contributed by atoms with Crippen LogP contribution in [0, 0.1) is 45.3 Å². The maximum Gasteiger partial charge on any atom is -0.00985 e. The van der Waals surface area contributed by atoms with Gasteiger partial charge >= 0.3 is 0 Å². The van der Waals surface area contributed by atoms with Gasteiger partial charge in [-0.3, -0.25) is 0 Å². The molecule has 8 aliphatic carbocycles. The molecule has 8 bridgehead atoms. The molecule has 0 N–H and O–H groups in total. The van der Waals surface area contributed by atoms with Gasteiger partial charge in [0.1, 0.15) is 0 Å². The molecule has 2 atom stereocenters. The molecule has 2 aromatic rings. The Morgan fingerprint density at radius 3 is 1.39 bits per heavy atom. The van der Waals surface area contributed by atoms with E-state index in [-0.39, 0.29) is 0 Å². The number of rotatable bonds is 5. The third-order valence-electron chi connectivity index (χ3n) is 12.2. The number of allylic oxidation sites excluding steroid dienone is 2. The maximum atomic E-state index is 2.73. The van der Waals surface area contributed by atoms with Gasteiger partial charge in [0.15, 0.2) is 0 Å². The SMILES string of the molecule is C(=C\C12CC3CC(/C=C/c4ccccc4)(C1)CC(C14CC5CC(CC(C5)C1)C4)(C3)C2)/c1ccccc1. The molecular weight excluding hydrogens is 432 g/mol. The molecular formula is C36H42. The van der Waals surface area contributed by atoms with Crippen LogP contribution in [0.2, 0.25) is 0 Å². The Bertz CT molecular complexity index is 1080. The molecule has 0 saturated heterocycles. The highest BCUT2D eigenvalue weighted by Gasteiger charge is 2.69. The van der Waals surface area contributed by atoms with Gasteiger partial charge in [-0.15, -0.1) is 0 Å². The predicted octanol–water partition coefficient (Wildman–Crippen LogP) is 9.59. The second-order valence-corrected chi connectivity index (χ2v) is 14.7. The van der Waals surface area contributed by atoms with Crippen molar-refractivity contribution in [3.8, 4) is 0 Å². The first-order valence-corrected chi connectivity index (χ1v) is 15.0. The van der Waals surface area contributed by atoms with E-state index in [1.165, 1.54) is 43.2 Å². The Morgan fingerprint density at radius 1 is 0.472 bits per heavy atom. The molecule has 8 saturated carbocycles. The van der Waals surface area contributed by atoms with Crippen LogP contribution in [0.3, 0.4) is 0 Å². The lowest BCUT2D eigenvalue weighted by Gasteiger charge is -2.74. The average Bonchev–Trinajstić information content (AvgIpc) is 2.86. The average molecular weight is 475 g/mol. The standard InChI is InChI=1S/C36H42/c1-3-7-27(8-4-1)11-13-33-18-32-19-34(24-33,14-12-28-9-5-2-6-10-28)26-36(23-32,25-33)35-20-29-15-30(21-35)17-31(16-29)22-35/h1-14,29-32H,15-26H2/b13-11+,14-12+. The van der Waals surface area contributed by atoms with E-state index < -0.39 is 0 Å². The molecule has 0 aromatic heterocycles. The Hall–Kier alpha value is -2.08. The molecule has 2 aromatic carbocycles. The van der Waals surface area contributed by atoms with E-state index in [9.17, 15) is 0 Å². The van der Waals surface area contributed by atoms with E-state index in [1.807, 2.05) is 0 Å². The third kappa shape index (κ3) is 3.39. The van der Waals surface area contributed by atoms with Crippen molar-refractivity contribution in [2.24, 2.45) is 45.3 Å². The van der Waals surface area contributed by atoms with Gasteiger partial charge in [-0.2, -0.15) is 0 Å². The number of hydrogen-bond acceptors (Lipinski definition) is 0. The van der Waals surface area contributed by atoms with Gasteiger partial charge in [-0.25, -0.2) is 0 Å². The summed E-state index contributed by atoms with van der Waals surface area (Å²) in [5.74, 6) is 4.07. The lowest BCUT2D eigenvalue weighted by atomic mass is 9.30. The largest absolute Gasteiger partial charge is 0.0776 e. The summed E-state index contributed by atoms with van der Waals surface area (Å²) in [5, 5.41) is 0. The van der Waals surface area contributed by atoms with Gasteiger partial charge in [0.25, 0.3) is 0 Å². The van der Waals surface area contributed by atoms with Gasteiger partial charge in [-0.1, -0.05) is 85.0 Å². The molecule has 186 valence electrons. The second kappa shape index (κ2) is 7.72. The molecule has 36 heavy (non-hydrogen) atoms. The van der Waals surface area contributed by atoms with Crippen LogP contribution in [-0.4, -0.2) is 0 Å². The highest BCUT2D eigenvalue weighted by Crippen LogP contribution is 2.79. The normalized spacial score (nSPS) is 46.3. The first-order valence-electron chi connectivity index (χ1n) is 15.0. The molecule has 8 fully saturated rings. The van der Waals surface area contributed by atoms with Crippen LogP contribution in [0.25, 0.3) is 12.2 Å². The first kappa shape index (κ1) is 22.0. The Kier molecular flexibility index (Phi) is 4.71. The lowest BCUT2D eigenvalue weighted by Crippen LogP contribution is -2.64. The summed E-state index contributed by atoms with van der Waals surface area (Å²) >= 11 is 0. The van der Waals surface area contributed by atoms with E-state index in [0.717, 1.165) is 23.7 Å². The van der Waals surface area contributed by atoms with Crippen molar-refractivity contribution in [2.45, 2.75) is 77.0 Å². The van der Waals surface area contributed by atoms with Crippen LogP contribution in [0.5, 0.6) is 0 Å². The third-order valence-corrected chi connectivity index (χ3v) is 12.2. The van der Waals surface area contributed by atoms with Gasteiger partial charge in [-0.05, 0) is 134 Å².